The SMILES string of the molecule is CCCCOCC(O)CNCc1ccccc1COC. The molecule has 0 fully saturated rings. The number of rotatable bonds is 11. The van der Waals surface area contributed by atoms with E-state index < -0.39 is 6.10 Å². The fourth-order valence-corrected chi connectivity index (χ4v) is 1.92. The summed E-state index contributed by atoms with van der Waals surface area (Å²) in [7, 11) is 1.70. The van der Waals surface area contributed by atoms with Gasteiger partial charge in [-0.15, -0.1) is 0 Å². The Morgan fingerprint density at radius 2 is 2.00 bits per heavy atom. The molecule has 0 aliphatic carbocycles. The lowest BCUT2D eigenvalue weighted by Gasteiger charge is -2.14. The molecule has 0 saturated carbocycles. The van der Waals surface area contributed by atoms with Crippen molar-refractivity contribution in [3.8, 4) is 0 Å². The quantitative estimate of drug-likeness (QED) is 0.610. The Bertz CT molecular complexity index is 357. The van der Waals surface area contributed by atoms with Crippen molar-refractivity contribution in [1.29, 1.82) is 0 Å². The number of nitrogens with one attached hydrogen (secondary N) is 1. The molecular formula is C16H27NO3. The summed E-state index contributed by atoms with van der Waals surface area (Å²) < 4.78 is 10.6. The first-order valence-corrected chi connectivity index (χ1v) is 7.30. The van der Waals surface area contributed by atoms with Crippen molar-refractivity contribution in [2.75, 3.05) is 26.9 Å². The molecule has 2 N–H and O–H groups in total. The molecule has 20 heavy (non-hydrogen) atoms. The third-order valence-corrected chi connectivity index (χ3v) is 3.07. The molecule has 0 bridgehead atoms. The van der Waals surface area contributed by atoms with Gasteiger partial charge in [0.15, 0.2) is 0 Å². The molecule has 1 atom stereocenters. The zero-order chi connectivity index (χ0) is 14.6. The Morgan fingerprint density at radius 1 is 1.25 bits per heavy atom. The van der Waals surface area contributed by atoms with E-state index in [1.165, 1.54) is 11.1 Å². The molecule has 0 aliphatic rings. The number of hydrogen-bond donors (Lipinski definition) is 2. The minimum atomic E-state index is -0.457. The number of aliphatic hydroxyl groups excluding tert-OH is 1. The Balaban J connectivity index is 2.23. The van der Waals surface area contributed by atoms with E-state index in [0.29, 0.717) is 19.8 Å². The highest BCUT2D eigenvalue weighted by Gasteiger charge is 2.05. The van der Waals surface area contributed by atoms with Crippen molar-refractivity contribution in [1.82, 2.24) is 5.32 Å². The van der Waals surface area contributed by atoms with Crippen LogP contribution in [-0.4, -0.2) is 38.1 Å². The van der Waals surface area contributed by atoms with E-state index in [4.69, 9.17) is 9.47 Å². The number of hydrogen-bond acceptors (Lipinski definition) is 4. The molecular weight excluding hydrogens is 254 g/mol. The van der Waals surface area contributed by atoms with Gasteiger partial charge in [-0.2, -0.15) is 0 Å². The fraction of sp³-hybridized carbons (Fsp3) is 0.625. The number of benzene rings is 1. The van der Waals surface area contributed by atoms with Gasteiger partial charge in [-0.1, -0.05) is 37.6 Å². The smallest absolute Gasteiger partial charge is 0.0897 e. The van der Waals surface area contributed by atoms with Crippen molar-refractivity contribution in [3.63, 3.8) is 0 Å². The van der Waals surface area contributed by atoms with E-state index in [-0.39, 0.29) is 0 Å². The first-order chi connectivity index (χ1) is 9.77. The summed E-state index contributed by atoms with van der Waals surface area (Å²) in [5.74, 6) is 0. The van der Waals surface area contributed by atoms with E-state index in [1.54, 1.807) is 7.11 Å². The summed E-state index contributed by atoms with van der Waals surface area (Å²) in [5.41, 5.74) is 2.38. The highest BCUT2D eigenvalue weighted by molar-refractivity contribution is 5.26. The van der Waals surface area contributed by atoms with Crippen molar-refractivity contribution in [2.24, 2.45) is 0 Å². The van der Waals surface area contributed by atoms with Crippen molar-refractivity contribution < 1.29 is 14.6 Å². The second kappa shape index (κ2) is 10.8. The number of aliphatic hydroxyl groups is 1. The topological polar surface area (TPSA) is 50.7 Å². The Hall–Kier alpha value is -0.940. The van der Waals surface area contributed by atoms with Crippen LogP contribution < -0.4 is 5.32 Å². The standard InChI is InChI=1S/C16H27NO3/c1-3-4-9-20-13-16(18)11-17-10-14-7-5-6-8-15(14)12-19-2/h5-8,16-18H,3-4,9-13H2,1-2H3. The molecule has 0 amide bonds. The maximum atomic E-state index is 9.79. The molecule has 0 saturated heterocycles. The minimum absolute atomic E-state index is 0.396. The lowest BCUT2D eigenvalue weighted by atomic mass is 10.1. The van der Waals surface area contributed by atoms with Gasteiger partial charge in [0.1, 0.15) is 0 Å². The van der Waals surface area contributed by atoms with E-state index >= 15 is 0 Å². The maximum absolute atomic E-state index is 9.79. The van der Waals surface area contributed by atoms with E-state index in [0.717, 1.165) is 26.0 Å². The van der Waals surface area contributed by atoms with Crippen LogP contribution in [0.4, 0.5) is 0 Å². The lowest BCUT2D eigenvalue weighted by molar-refractivity contribution is 0.0358. The second-order valence-electron chi connectivity index (χ2n) is 4.91. The van der Waals surface area contributed by atoms with E-state index in [2.05, 4.69) is 24.4 Å². The highest BCUT2D eigenvalue weighted by Crippen LogP contribution is 2.09. The average molecular weight is 281 g/mol. The van der Waals surface area contributed by atoms with Crippen LogP contribution in [-0.2, 0) is 22.6 Å². The molecule has 0 aromatic heterocycles. The average Bonchev–Trinajstić information content (AvgIpc) is 2.46. The maximum Gasteiger partial charge on any atom is 0.0897 e. The van der Waals surface area contributed by atoms with Crippen LogP contribution in [0.3, 0.4) is 0 Å². The van der Waals surface area contributed by atoms with Gasteiger partial charge in [0.05, 0.1) is 19.3 Å². The first kappa shape index (κ1) is 17.1. The van der Waals surface area contributed by atoms with Crippen LogP contribution in [0.15, 0.2) is 24.3 Å². The molecule has 4 nitrogen and oxygen atoms in total. The van der Waals surface area contributed by atoms with Gasteiger partial charge in [0.2, 0.25) is 0 Å². The Morgan fingerprint density at radius 3 is 2.70 bits per heavy atom. The summed E-state index contributed by atoms with van der Waals surface area (Å²) in [6.07, 6.45) is 1.70. The molecule has 0 heterocycles. The Labute approximate surface area is 122 Å². The fourth-order valence-electron chi connectivity index (χ4n) is 1.92. The van der Waals surface area contributed by atoms with Gasteiger partial charge in [-0.05, 0) is 17.5 Å². The van der Waals surface area contributed by atoms with Crippen LogP contribution in [0.1, 0.15) is 30.9 Å². The molecule has 1 aromatic rings. The Kier molecular flexibility index (Phi) is 9.24. The number of ether oxygens (including phenoxy) is 2. The third kappa shape index (κ3) is 7.01. The lowest BCUT2D eigenvalue weighted by Crippen LogP contribution is -2.30. The first-order valence-electron chi connectivity index (χ1n) is 7.30. The minimum Gasteiger partial charge on any atom is -0.389 e. The predicted octanol–water partition coefficient (Wildman–Crippen LogP) is 2.10. The predicted molar refractivity (Wildman–Crippen MR) is 80.6 cm³/mol. The summed E-state index contributed by atoms with van der Waals surface area (Å²) in [4.78, 5) is 0. The van der Waals surface area contributed by atoms with E-state index in [9.17, 15) is 5.11 Å². The van der Waals surface area contributed by atoms with Crippen LogP contribution in [0.25, 0.3) is 0 Å². The molecule has 0 radical (unpaired) electrons. The summed E-state index contributed by atoms with van der Waals surface area (Å²) in [6.45, 7) is 5.12. The zero-order valence-electron chi connectivity index (χ0n) is 12.6. The summed E-state index contributed by atoms with van der Waals surface area (Å²) in [6, 6.07) is 8.16. The van der Waals surface area contributed by atoms with Crippen LogP contribution in [0.2, 0.25) is 0 Å². The van der Waals surface area contributed by atoms with Gasteiger partial charge in [-0.25, -0.2) is 0 Å². The molecule has 0 spiro atoms. The van der Waals surface area contributed by atoms with Crippen LogP contribution >= 0.6 is 0 Å². The van der Waals surface area contributed by atoms with E-state index in [1.807, 2.05) is 12.1 Å². The zero-order valence-corrected chi connectivity index (χ0v) is 12.6. The molecule has 114 valence electrons. The van der Waals surface area contributed by atoms with Gasteiger partial charge < -0.3 is 19.9 Å². The highest BCUT2D eigenvalue weighted by atomic mass is 16.5. The van der Waals surface area contributed by atoms with Crippen molar-refractivity contribution in [2.45, 2.75) is 39.0 Å². The van der Waals surface area contributed by atoms with Crippen molar-refractivity contribution in [3.05, 3.63) is 35.4 Å². The van der Waals surface area contributed by atoms with Gasteiger partial charge >= 0.3 is 0 Å². The molecule has 1 unspecified atom stereocenters. The largest absolute Gasteiger partial charge is 0.389 e. The van der Waals surface area contributed by atoms with Gasteiger partial charge in [0, 0.05) is 26.8 Å². The second-order valence-corrected chi connectivity index (χ2v) is 4.91. The van der Waals surface area contributed by atoms with Crippen LogP contribution in [0.5, 0.6) is 0 Å². The normalized spacial score (nSPS) is 12.6. The third-order valence-electron chi connectivity index (χ3n) is 3.07. The number of unbranched alkanes of at least 4 members (excludes halogenated alkanes) is 1. The summed E-state index contributed by atoms with van der Waals surface area (Å²) >= 11 is 0. The number of methoxy groups -OCH3 is 1. The molecule has 1 rings (SSSR count). The van der Waals surface area contributed by atoms with Gasteiger partial charge in [0.25, 0.3) is 0 Å². The van der Waals surface area contributed by atoms with Gasteiger partial charge in [-0.3, -0.25) is 0 Å². The van der Waals surface area contributed by atoms with Crippen molar-refractivity contribution >= 4 is 0 Å². The molecule has 1 aromatic carbocycles. The monoisotopic (exact) mass is 281 g/mol. The molecule has 0 aliphatic heterocycles. The van der Waals surface area contributed by atoms with Crippen LogP contribution in [0, 0.1) is 0 Å². The molecule has 4 heteroatoms. The summed E-state index contributed by atoms with van der Waals surface area (Å²) in [5, 5.41) is 13.0.